The predicted molar refractivity (Wildman–Crippen MR) is 97.2 cm³/mol. The van der Waals surface area contributed by atoms with Crippen LogP contribution in [0.3, 0.4) is 0 Å². The van der Waals surface area contributed by atoms with E-state index in [-0.39, 0.29) is 11.7 Å². The van der Waals surface area contributed by atoms with Crippen LogP contribution in [0.5, 0.6) is 5.75 Å². The van der Waals surface area contributed by atoms with E-state index in [4.69, 9.17) is 9.15 Å². The number of nitrogens with zero attached hydrogens (tertiary/aromatic N) is 2. The second-order valence-corrected chi connectivity index (χ2v) is 6.45. The Morgan fingerprint density at radius 1 is 1.35 bits per heavy atom. The van der Waals surface area contributed by atoms with Gasteiger partial charge in [0.1, 0.15) is 17.3 Å². The van der Waals surface area contributed by atoms with Gasteiger partial charge in [0, 0.05) is 30.1 Å². The van der Waals surface area contributed by atoms with Gasteiger partial charge < -0.3 is 13.7 Å². The molecule has 0 spiro atoms. The highest BCUT2D eigenvalue weighted by Gasteiger charge is 2.17. The Labute approximate surface area is 151 Å². The first-order valence-corrected chi connectivity index (χ1v) is 8.58. The molecule has 0 fully saturated rings. The number of hydrogen-bond donors (Lipinski definition) is 1. The maximum absolute atomic E-state index is 13.6. The normalized spacial score (nSPS) is 11.0. The molecular formula is C18H14FN3O3S. The largest absolute Gasteiger partial charge is 0.496 e. The van der Waals surface area contributed by atoms with Crippen LogP contribution in [0.4, 0.5) is 9.52 Å². The molecule has 1 N–H and O–H groups in total. The lowest BCUT2D eigenvalue weighted by Gasteiger charge is -2.06. The summed E-state index contributed by atoms with van der Waals surface area (Å²) in [5, 5.41) is 4.91. The summed E-state index contributed by atoms with van der Waals surface area (Å²) in [5.41, 5.74) is 2.99. The van der Waals surface area contributed by atoms with Crippen LogP contribution >= 0.6 is 11.3 Å². The summed E-state index contributed by atoms with van der Waals surface area (Å²) < 4.78 is 25.9. The van der Waals surface area contributed by atoms with E-state index in [1.165, 1.54) is 30.6 Å². The molecule has 0 saturated carbocycles. The Morgan fingerprint density at radius 3 is 2.96 bits per heavy atom. The van der Waals surface area contributed by atoms with Crippen LogP contribution in [0.2, 0.25) is 0 Å². The first kappa shape index (κ1) is 16.3. The molecule has 4 aromatic rings. The zero-order valence-electron chi connectivity index (χ0n) is 13.9. The van der Waals surface area contributed by atoms with Gasteiger partial charge in [-0.1, -0.05) is 0 Å². The van der Waals surface area contributed by atoms with E-state index >= 15 is 0 Å². The van der Waals surface area contributed by atoms with Crippen LogP contribution in [-0.4, -0.2) is 22.6 Å². The number of halogens is 1. The number of ether oxygens (including phenoxy) is 1. The van der Waals surface area contributed by atoms with Crippen molar-refractivity contribution in [2.75, 3.05) is 12.4 Å². The zero-order chi connectivity index (χ0) is 18.3. The molecule has 26 heavy (non-hydrogen) atoms. The van der Waals surface area contributed by atoms with E-state index in [9.17, 15) is 9.18 Å². The van der Waals surface area contributed by atoms with Crippen molar-refractivity contribution in [3.8, 4) is 17.0 Å². The molecule has 3 aromatic heterocycles. The first-order chi connectivity index (χ1) is 12.6. The topological polar surface area (TPSA) is 69.3 Å². The monoisotopic (exact) mass is 371 g/mol. The Balaban J connectivity index is 1.61. The van der Waals surface area contributed by atoms with Crippen LogP contribution in [0.25, 0.3) is 22.4 Å². The standard InChI is InChI=1S/C18H14FN3O3S/c1-22-13-5-6-25-16(13)8-14(22)17(23)21-18-20-12(9-26-18)11-7-10(19)3-4-15(11)24-2/h3-9H,1-2H3,(H,20,21,23). The molecule has 1 amide bonds. The average Bonchev–Trinajstić information content (AvgIpc) is 3.33. The molecule has 1 aromatic carbocycles. The first-order valence-electron chi connectivity index (χ1n) is 7.70. The van der Waals surface area contributed by atoms with Crippen molar-refractivity contribution in [1.29, 1.82) is 0 Å². The fourth-order valence-electron chi connectivity index (χ4n) is 2.76. The second-order valence-electron chi connectivity index (χ2n) is 5.60. The van der Waals surface area contributed by atoms with Crippen LogP contribution in [0.15, 0.2) is 46.4 Å². The molecular weight excluding hydrogens is 357 g/mol. The van der Waals surface area contributed by atoms with Crippen molar-refractivity contribution in [3.05, 3.63) is 53.5 Å². The van der Waals surface area contributed by atoms with E-state index in [1.54, 1.807) is 41.5 Å². The number of carbonyl (C=O) groups excluding carboxylic acids is 1. The fraction of sp³-hybridized carbons (Fsp3) is 0.111. The minimum atomic E-state index is -0.384. The molecule has 3 heterocycles. The van der Waals surface area contributed by atoms with Crippen molar-refractivity contribution in [2.24, 2.45) is 7.05 Å². The van der Waals surface area contributed by atoms with Crippen molar-refractivity contribution < 1.29 is 18.3 Å². The van der Waals surface area contributed by atoms with Gasteiger partial charge in [-0.2, -0.15) is 0 Å². The molecule has 0 bridgehead atoms. The third kappa shape index (κ3) is 2.74. The summed E-state index contributed by atoms with van der Waals surface area (Å²) in [4.78, 5) is 16.9. The molecule has 6 nitrogen and oxygen atoms in total. The maximum Gasteiger partial charge on any atom is 0.274 e. The molecule has 0 aliphatic rings. The lowest BCUT2D eigenvalue weighted by molar-refractivity contribution is 0.101. The lowest BCUT2D eigenvalue weighted by Crippen LogP contribution is -2.15. The van der Waals surface area contributed by atoms with E-state index < -0.39 is 0 Å². The number of furan rings is 1. The lowest BCUT2D eigenvalue weighted by atomic mass is 10.1. The Bertz CT molecular complexity index is 1110. The number of carbonyl (C=O) groups is 1. The number of thiazole rings is 1. The Hall–Kier alpha value is -3.13. The molecule has 4 rings (SSSR count). The fourth-order valence-corrected chi connectivity index (χ4v) is 3.47. The number of aryl methyl sites for hydroxylation is 1. The van der Waals surface area contributed by atoms with Crippen molar-refractivity contribution in [1.82, 2.24) is 9.55 Å². The number of methoxy groups -OCH3 is 1. The average molecular weight is 371 g/mol. The molecule has 0 saturated heterocycles. The van der Waals surface area contributed by atoms with Crippen molar-refractivity contribution >= 4 is 33.5 Å². The van der Waals surface area contributed by atoms with Gasteiger partial charge in [-0.15, -0.1) is 11.3 Å². The van der Waals surface area contributed by atoms with E-state index in [1.807, 2.05) is 0 Å². The summed E-state index contributed by atoms with van der Waals surface area (Å²) in [6.45, 7) is 0. The van der Waals surface area contributed by atoms with Crippen molar-refractivity contribution in [3.63, 3.8) is 0 Å². The summed E-state index contributed by atoms with van der Waals surface area (Å²) in [6, 6.07) is 7.69. The van der Waals surface area contributed by atoms with Gasteiger partial charge in [0.05, 0.1) is 24.6 Å². The molecule has 0 atom stereocenters. The Kier molecular flexibility index (Phi) is 3.96. The van der Waals surface area contributed by atoms with Gasteiger partial charge in [-0.05, 0) is 18.2 Å². The van der Waals surface area contributed by atoms with Crippen LogP contribution in [-0.2, 0) is 7.05 Å². The summed E-state index contributed by atoms with van der Waals surface area (Å²) in [6.07, 6.45) is 1.58. The minimum Gasteiger partial charge on any atom is -0.496 e. The number of aromatic nitrogens is 2. The number of fused-ring (bicyclic) bond motifs is 1. The van der Waals surface area contributed by atoms with Gasteiger partial charge in [0.2, 0.25) is 0 Å². The molecule has 0 aliphatic carbocycles. The number of anilines is 1. The second kappa shape index (κ2) is 6.30. The third-order valence-electron chi connectivity index (χ3n) is 4.06. The maximum atomic E-state index is 13.6. The summed E-state index contributed by atoms with van der Waals surface area (Å²) >= 11 is 1.25. The van der Waals surface area contributed by atoms with E-state index in [2.05, 4.69) is 10.3 Å². The highest BCUT2D eigenvalue weighted by molar-refractivity contribution is 7.14. The van der Waals surface area contributed by atoms with Gasteiger partial charge in [0.15, 0.2) is 10.7 Å². The summed E-state index contributed by atoms with van der Waals surface area (Å²) in [7, 11) is 3.30. The number of hydrogen-bond acceptors (Lipinski definition) is 5. The van der Waals surface area contributed by atoms with Gasteiger partial charge in [-0.25, -0.2) is 9.37 Å². The van der Waals surface area contributed by atoms with Crippen LogP contribution in [0.1, 0.15) is 10.5 Å². The van der Waals surface area contributed by atoms with Crippen LogP contribution in [0, 0.1) is 5.82 Å². The predicted octanol–water partition coefficient (Wildman–Crippen LogP) is 4.29. The number of rotatable bonds is 4. The number of benzene rings is 1. The van der Waals surface area contributed by atoms with Crippen LogP contribution < -0.4 is 10.1 Å². The van der Waals surface area contributed by atoms with Crippen molar-refractivity contribution in [2.45, 2.75) is 0 Å². The molecule has 0 radical (unpaired) electrons. The zero-order valence-corrected chi connectivity index (χ0v) is 14.8. The summed E-state index contributed by atoms with van der Waals surface area (Å²) in [5.74, 6) is -0.172. The number of nitrogens with one attached hydrogen (secondary N) is 1. The smallest absolute Gasteiger partial charge is 0.274 e. The van der Waals surface area contributed by atoms with Gasteiger partial charge in [-0.3, -0.25) is 10.1 Å². The van der Waals surface area contributed by atoms with Gasteiger partial charge in [0.25, 0.3) is 5.91 Å². The van der Waals surface area contributed by atoms with E-state index in [0.29, 0.717) is 33.4 Å². The molecule has 0 aliphatic heterocycles. The SMILES string of the molecule is COc1ccc(F)cc1-c1csc(NC(=O)c2cc3occc3n2C)n1. The highest BCUT2D eigenvalue weighted by atomic mass is 32.1. The highest BCUT2D eigenvalue weighted by Crippen LogP contribution is 2.33. The number of amides is 1. The minimum absolute atomic E-state index is 0.300. The molecule has 132 valence electrons. The quantitative estimate of drug-likeness (QED) is 0.581. The van der Waals surface area contributed by atoms with E-state index in [0.717, 1.165) is 5.52 Å². The molecule has 8 heteroatoms. The third-order valence-corrected chi connectivity index (χ3v) is 4.82. The van der Waals surface area contributed by atoms with Gasteiger partial charge >= 0.3 is 0 Å². The molecule has 0 unspecified atom stereocenters. The Morgan fingerprint density at radius 2 is 2.19 bits per heavy atom.